The molecular formula is C9H15N2O5Zn. The molecule has 1 radical (unpaired) electrons. The molecule has 0 aromatic carbocycles. The van der Waals surface area contributed by atoms with E-state index in [-0.39, 0.29) is 26.0 Å². The van der Waals surface area contributed by atoms with Gasteiger partial charge in [-0.3, -0.25) is 19.3 Å². The second kappa shape index (κ2) is 10.2. The Morgan fingerprint density at radius 2 is 1.53 bits per heavy atom. The number of carboxylic acids is 2. The monoisotopic (exact) mass is 295 g/mol. The largest absolute Gasteiger partial charge is 0.480 e. The second-order valence-electron chi connectivity index (χ2n) is 3.14. The van der Waals surface area contributed by atoms with Crippen molar-refractivity contribution in [2.75, 3.05) is 26.2 Å². The van der Waals surface area contributed by atoms with Gasteiger partial charge in [0.1, 0.15) is 0 Å². The van der Waals surface area contributed by atoms with Gasteiger partial charge in [0.05, 0.1) is 19.6 Å². The Kier molecular flexibility index (Phi) is 11.0. The van der Waals surface area contributed by atoms with Gasteiger partial charge >= 0.3 is 11.9 Å². The summed E-state index contributed by atoms with van der Waals surface area (Å²) in [6.45, 7) is 2.68. The normalized spacial score (nSPS) is 9.53. The molecule has 0 saturated heterocycles. The van der Waals surface area contributed by atoms with Crippen LogP contribution >= 0.6 is 0 Å². The molecular weight excluding hydrogens is 281 g/mol. The third-order valence-electron chi connectivity index (χ3n) is 1.58. The van der Waals surface area contributed by atoms with Gasteiger partial charge in [0, 0.05) is 26.0 Å². The Hall–Kier alpha value is -1.01. The van der Waals surface area contributed by atoms with Crippen LogP contribution < -0.4 is 5.32 Å². The van der Waals surface area contributed by atoms with E-state index in [1.54, 1.807) is 0 Å². The van der Waals surface area contributed by atoms with Crippen molar-refractivity contribution in [2.24, 2.45) is 0 Å². The molecule has 0 spiro atoms. The van der Waals surface area contributed by atoms with Gasteiger partial charge in [0.15, 0.2) is 0 Å². The van der Waals surface area contributed by atoms with Crippen molar-refractivity contribution < 1.29 is 44.1 Å². The van der Waals surface area contributed by atoms with Crippen molar-refractivity contribution in [1.82, 2.24) is 10.2 Å². The fourth-order valence-corrected chi connectivity index (χ4v) is 1.04. The number of amides is 1. The van der Waals surface area contributed by atoms with Crippen LogP contribution in [0.5, 0.6) is 0 Å². The molecule has 0 aliphatic rings. The molecule has 0 aromatic heterocycles. The standard InChI is InChI=1S/C9H15N2O5.Zn/c1-2-3-10-7(12)4-11(5-8(13)14)6-9(15)16;/h1-6H2,(H,10,12)(H,13,14)(H,15,16);. The summed E-state index contributed by atoms with van der Waals surface area (Å²) < 4.78 is 0. The third kappa shape index (κ3) is 11.3. The van der Waals surface area contributed by atoms with Crippen LogP contribution in [0.1, 0.15) is 6.42 Å². The van der Waals surface area contributed by atoms with E-state index >= 15 is 0 Å². The SMILES string of the molecule is [CH2]CCNC(=O)CN(CC(=O)O)CC(=O)O.[Zn]. The van der Waals surface area contributed by atoms with Gasteiger partial charge in [-0.15, -0.1) is 0 Å². The Balaban J connectivity index is 0. The predicted molar refractivity (Wildman–Crippen MR) is 54.7 cm³/mol. The van der Waals surface area contributed by atoms with E-state index in [2.05, 4.69) is 12.2 Å². The average molecular weight is 297 g/mol. The summed E-state index contributed by atoms with van der Waals surface area (Å²) in [7, 11) is 0. The van der Waals surface area contributed by atoms with E-state index < -0.39 is 30.9 Å². The Bertz CT molecular complexity index is 256. The first-order valence-electron chi connectivity index (χ1n) is 4.67. The molecule has 0 rings (SSSR count). The number of carbonyl (C=O) groups is 3. The molecule has 7 nitrogen and oxygen atoms in total. The van der Waals surface area contributed by atoms with Crippen molar-refractivity contribution in [3.8, 4) is 0 Å². The van der Waals surface area contributed by atoms with Crippen LogP contribution in [0.25, 0.3) is 0 Å². The molecule has 0 heterocycles. The van der Waals surface area contributed by atoms with Gasteiger partial charge in [-0.1, -0.05) is 6.92 Å². The van der Waals surface area contributed by atoms with E-state index in [4.69, 9.17) is 10.2 Å². The molecule has 1 amide bonds. The van der Waals surface area contributed by atoms with Crippen LogP contribution in [-0.4, -0.2) is 59.1 Å². The summed E-state index contributed by atoms with van der Waals surface area (Å²) in [5.74, 6) is -2.76. The Labute approximate surface area is 112 Å². The van der Waals surface area contributed by atoms with Crippen LogP contribution in [0.3, 0.4) is 0 Å². The molecule has 0 saturated carbocycles. The quantitative estimate of drug-likeness (QED) is 0.486. The van der Waals surface area contributed by atoms with Crippen LogP contribution in [0.15, 0.2) is 0 Å². The fourth-order valence-electron chi connectivity index (χ4n) is 1.04. The first-order valence-corrected chi connectivity index (χ1v) is 4.67. The minimum atomic E-state index is -1.17. The molecule has 0 aliphatic carbocycles. The first-order chi connectivity index (χ1) is 7.45. The van der Waals surface area contributed by atoms with E-state index in [0.29, 0.717) is 13.0 Å². The molecule has 93 valence electrons. The number of hydrogen-bond donors (Lipinski definition) is 3. The molecule has 0 aromatic rings. The van der Waals surface area contributed by atoms with Crippen molar-refractivity contribution in [3.05, 3.63) is 6.92 Å². The van der Waals surface area contributed by atoms with Crippen LogP contribution in [0.2, 0.25) is 0 Å². The fraction of sp³-hybridized carbons (Fsp3) is 0.556. The number of aliphatic carboxylic acids is 2. The molecule has 0 fully saturated rings. The number of rotatable bonds is 8. The average Bonchev–Trinajstić information content (AvgIpc) is 2.12. The van der Waals surface area contributed by atoms with E-state index in [9.17, 15) is 14.4 Å². The number of hydrogen-bond acceptors (Lipinski definition) is 4. The zero-order valence-electron chi connectivity index (χ0n) is 9.52. The molecule has 0 aliphatic heterocycles. The van der Waals surface area contributed by atoms with Crippen LogP contribution in [0, 0.1) is 6.92 Å². The van der Waals surface area contributed by atoms with Crippen LogP contribution in [-0.2, 0) is 33.9 Å². The molecule has 0 atom stereocenters. The summed E-state index contributed by atoms with van der Waals surface area (Å²) in [5, 5.41) is 19.5. The molecule has 17 heavy (non-hydrogen) atoms. The summed E-state index contributed by atoms with van der Waals surface area (Å²) in [6.07, 6.45) is 0.517. The second-order valence-corrected chi connectivity index (χ2v) is 3.14. The minimum Gasteiger partial charge on any atom is -0.480 e. The topological polar surface area (TPSA) is 107 Å². The maximum Gasteiger partial charge on any atom is 0.317 e. The summed E-state index contributed by atoms with van der Waals surface area (Å²) >= 11 is 0. The third-order valence-corrected chi connectivity index (χ3v) is 1.58. The molecule has 8 heteroatoms. The van der Waals surface area contributed by atoms with Gasteiger partial charge in [0.2, 0.25) is 5.91 Å². The number of nitrogens with zero attached hydrogens (tertiary/aromatic N) is 1. The van der Waals surface area contributed by atoms with E-state index in [0.717, 1.165) is 4.90 Å². The number of carbonyl (C=O) groups excluding carboxylic acids is 1. The van der Waals surface area contributed by atoms with Crippen molar-refractivity contribution >= 4 is 17.8 Å². The minimum absolute atomic E-state index is 0. The van der Waals surface area contributed by atoms with Gasteiger partial charge < -0.3 is 15.5 Å². The van der Waals surface area contributed by atoms with E-state index in [1.807, 2.05) is 0 Å². The maximum atomic E-state index is 11.2. The zero-order valence-corrected chi connectivity index (χ0v) is 12.5. The Morgan fingerprint density at radius 3 is 1.88 bits per heavy atom. The van der Waals surface area contributed by atoms with Gasteiger partial charge in [-0.2, -0.15) is 0 Å². The molecule has 0 bridgehead atoms. The van der Waals surface area contributed by atoms with E-state index in [1.165, 1.54) is 0 Å². The van der Waals surface area contributed by atoms with Gasteiger partial charge in [-0.05, 0) is 6.42 Å². The predicted octanol–water partition coefficient (Wildman–Crippen LogP) is -1.20. The smallest absolute Gasteiger partial charge is 0.317 e. The summed E-state index contributed by atoms with van der Waals surface area (Å²) in [6, 6.07) is 0. The van der Waals surface area contributed by atoms with Crippen molar-refractivity contribution in [2.45, 2.75) is 6.42 Å². The van der Waals surface area contributed by atoms with Crippen LogP contribution in [0.4, 0.5) is 0 Å². The van der Waals surface area contributed by atoms with Gasteiger partial charge in [0.25, 0.3) is 0 Å². The first kappa shape index (κ1) is 18.4. The Morgan fingerprint density at radius 1 is 1.06 bits per heavy atom. The number of carboxylic acid groups (broad SMARTS) is 2. The van der Waals surface area contributed by atoms with Crippen molar-refractivity contribution in [3.63, 3.8) is 0 Å². The molecule has 3 N–H and O–H groups in total. The zero-order chi connectivity index (χ0) is 12.6. The number of nitrogens with one attached hydrogen (secondary N) is 1. The maximum absolute atomic E-state index is 11.2. The van der Waals surface area contributed by atoms with Gasteiger partial charge in [-0.25, -0.2) is 0 Å². The summed E-state index contributed by atoms with van der Waals surface area (Å²) in [5.41, 5.74) is 0. The summed E-state index contributed by atoms with van der Waals surface area (Å²) in [4.78, 5) is 33.1. The van der Waals surface area contributed by atoms with Crippen molar-refractivity contribution in [1.29, 1.82) is 0 Å². The molecule has 0 unspecified atom stereocenters.